The molecule has 0 aliphatic rings. The van der Waals surface area contributed by atoms with Crippen LogP contribution in [0.25, 0.3) is 10.9 Å². The van der Waals surface area contributed by atoms with Gasteiger partial charge in [0.25, 0.3) is 0 Å². The molecule has 0 fully saturated rings. The van der Waals surface area contributed by atoms with E-state index in [-0.39, 0.29) is 0 Å². The predicted molar refractivity (Wildman–Crippen MR) is 39.9 cm³/mol. The molecule has 0 spiro atoms. The first-order valence-electron chi connectivity index (χ1n) is 2.86. The van der Waals surface area contributed by atoms with Crippen molar-refractivity contribution in [2.75, 3.05) is 0 Å². The van der Waals surface area contributed by atoms with Crippen molar-refractivity contribution in [2.45, 2.75) is 0 Å². The number of pyridine rings is 1. The highest BCUT2D eigenvalue weighted by molar-refractivity contribution is 6.35. The SMILES string of the molecule is Clc1c[nH]c2cnc[c]c12. The summed E-state index contributed by atoms with van der Waals surface area (Å²) in [6.07, 6.45) is 5.05. The molecule has 0 aliphatic heterocycles. The second-order valence-electron chi connectivity index (χ2n) is 1.98. The summed E-state index contributed by atoms with van der Waals surface area (Å²) in [7, 11) is 0. The molecular formula is C7H4ClN2. The quantitative estimate of drug-likeness (QED) is 0.613. The summed E-state index contributed by atoms with van der Waals surface area (Å²) in [4.78, 5) is 6.84. The van der Waals surface area contributed by atoms with E-state index in [2.05, 4.69) is 16.0 Å². The van der Waals surface area contributed by atoms with E-state index in [1.54, 1.807) is 18.6 Å². The van der Waals surface area contributed by atoms with Crippen molar-refractivity contribution in [2.24, 2.45) is 0 Å². The van der Waals surface area contributed by atoms with Gasteiger partial charge in [0, 0.05) is 23.8 Å². The van der Waals surface area contributed by atoms with Gasteiger partial charge in [-0.1, -0.05) is 11.6 Å². The fourth-order valence-corrected chi connectivity index (χ4v) is 1.09. The van der Waals surface area contributed by atoms with Crippen LogP contribution in [-0.4, -0.2) is 9.97 Å². The molecule has 2 aromatic rings. The molecule has 2 heterocycles. The van der Waals surface area contributed by atoms with E-state index in [0.717, 1.165) is 10.9 Å². The number of fused-ring (bicyclic) bond motifs is 1. The van der Waals surface area contributed by atoms with Crippen molar-refractivity contribution in [3.8, 4) is 0 Å². The smallest absolute Gasteiger partial charge is 0.0666 e. The first-order valence-corrected chi connectivity index (χ1v) is 3.24. The van der Waals surface area contributed by atoms with E-state index in [0.29, 0.717) is 5.02 Å². The van der Waals surface area contributed by atoms with Gasteiger partial charge in [-0.15, -0.1) is 0 Å². The molecule has 10 heavy (non-hydrogen) atoms. The first-order chi connectivity index (χ1) is 4.88. The molecule has 1 radical (unpaired) electrons. The molecule has 0 unspecified atom stereocenters. The van der Waals surface area contributed by atoms with Crippen molar-refractivity contribution < 1.29 is 0 Å². The summed E-state index contributed by atoms with van der Waals surface area (Å²) in [5, 5.41) is 1.59. The molecule has 2 aromatic heterocycles. The lowest BCUT2D eigenvalue weighted by molar-refractivity contribution is 1.33. The van der Waals surface area contributed by atoms with Crippen molar-refractivity contribution in [3.05, 3.63) is 29.7 Å². The fraction of sp³-hybridized carbons (Fsp3) is 0. The highest BCUT2D eigenvalue weighted by Crippen LogP contribution is 2.20. The van der Waals surface area contributed by atoms with E-state index in [9.17, 15) is 0 Å². The van der Waals surface area contributed by atoms with Gasteiger partial charge in [-0.2, -0.15) is 0 Å². The van der Waals surface area contributed by atoms with Crippen LogP contribution in [0.5, 0.6) is 0 Å². The number of aromatic amines is 1. The Balaban J connectivity index is 2.93. The third-order valence-electron chi connectivity index (χ3n) is 1.35. The Morgan fingerprint density at radius 3 is 3.30 bits per heavy atom. The van der Waals surface area contributed by atoms with Gasteiger partial charge in [0.05, 0.1) is 16.7 Å². The maximum absolute atomic E-state index is 5.78. The molecule has 0 bridgehead atoms. The van der Waals surface area contributed by atoms with Gasteiger partial charge in [0.15, 0.2) is 0 Å². The van der Waals surface area contributed by atoms with Gasteiger partial charge in [0.2, 0.25) is 0 Å². The van der Waals surface area contributed by atoms with Gasteiger partial charge in [0.1, 0.15) is 0 Å². The first kappa shape index (κ1) is 5.74. The molecule has 0 atom stereocenters. The van der Waals surface area contributed by atoms with Crippen molar-refractivity contribution >= 4 is 22.5 Å². The van der Waals surface area contributed by atoms with Crippen LogP contribution in [-0.2, 0) is 0 Å². The zero-order valence-electron chi connectivity index (χ0n) is 5.06. The Labute approximate surface area is 62.8 Å². The maximum atomic E-state index is 5.78. The van der Waals surface area contributed by atoms with Crippen LogP contribution in [0.3, 0.4) is 0 Å². The van der Waals surface area contributed by atoms with Crippen LogP contribution in [0, 0.1) is 6.07 Å². The third kappa shape index (κ3) is 0.693. The summed E-state index contributed by atoms with van der Waals surface area (Å²) in [5.74, 6) is 0. The van der Waals surface area contributed by atoms with Gasteiger partial charge in [-0.3, -0.25) is 4.98 Å². The summed E-state index contributed by atoms with van der Waals surface area (Å²) >= 11 is 5.78. The van der Waals surface area contributed by atoms with Crippen molar-refractivity contribution in [3.63, 3.8) is 0 Å². The van der Waals surface area contributed by atoms with Crippen LogP contribution < -0.4 is 0 Å². The zero-order chi connectivity index (χ0) is 6.97. The molecule has 49 valence electrons. The number of hydrogen-bond donors (Lipinski definition) is 1. The number of halogens is 1. The minimum Gasteiger partial charge on any atom is -0.358 e. The lowest BCUT2D eigenvalue weighted by atomic mass is 10.3. The number of rotatable bonds is 0. The van der Waals surface area contributed by atoms with E-state index < -0.39 is 0 Å². The van der Waals surface area contributed by atoms with E-state index in [1.807, 2.05) is 0 Å². The summed E-state index contributed by atoms with van der Waals surface area (Å²) in [5.41, 5.74) is 0.924. The topological polar surface area (TPSA) is 28.7 Å². The minimum atomic E-state index is 0.692. The fourth-order valence-electron chi connectivity index (χ4n) is 0.876. The molecule has 1 N–H and O–H groups in total. The van der Waals surface area contributed by atoms with E-state index >= 15 is 0 Å². The van der Waals surface area contributed by atoms with Gasteiger partial charge >= 0.3 is 0 Å². The van der Waals surface area contributed by atoms with Crippen molar-refractivity contribution in [1.82, 2.24) is 9.97 Å². The second kappa shape index (κ2) is 1.99. The predicted octanol–water partition coefficient (Wildman–Crippen LogP) is 2.02. The lowest BCUT2D eigenvalue weighted by Crippen LogP contribution is -1.69. The molecule has 2 rings (SSSR count). The van der Waals surface area contributed by atoms with Crippen molar-refractivity contribution in [1.29, 1.82) is 0 Å². The van der Waals surface area contributed by atoms with Crippen LogP contribution in [0.1, 0.15) is 0 Å². The van der Waals surface area contributed by atoms with Gasteiger partial charge in [-0.05, 0) is 0 Å². The zero-order valence-corrected chi connectivity index (χ0v) is 5.81. The third-order valence-corrected chi connectivity index (χ3v) is 1.65. The highest BCUT2D eigenvalue weighted by Gasteiger charge is 1.97. The van der Waals surface area contributed by atoms with Crippen LogP contribution in [0.4, 0.5) is 0 Å². The average molecular weight is 152 g/mol. The Kier molecular flexibility index (Phi) is 1.14. The lowest BCUT2D eigenvalue weighted by Gasteiger charge is -1.84. The monoisotopic (exact) mass is 151 g/mol. The summed E-state index contributed by atoms with van der Waals surface area (Å²) < 4.78 is 0. The normalized spacial score (nSPS) is 10.5. The summed E-state index contributed by atoms with van der Waals surface area (Å²) in [6.45, 7) is 0. The second-order valence-corrected chi connectivity index (χ2v) is 2.38. The number of nitrogens with zero attached hydrogens (tertiary/aromatic N) is 1. The number of hydrogen-bond acceptors (Lipinski definition) is 1. The standard InChI is InChI=1S/C7H4ClN2/c8-6-3-10-7-4-9-2-1-5(6)7/h2-4,10H. The molecule has 0 aromatic carbocycles. The molecule has 0 amide bonds. The molecule has 2 nitrogen and oxygen atoms in total. The van der Waals surface area contributed by atoms with Gasteiger partial charge in [-0.25, -0.2) is 0 Å². The molecular weight excluding hydrogens is 148 g/mol. The largest absolute Gasteiger partial charge is 0.358 e. The van der Waals surface area contributed by atoms with Crippen LogP contribution in [0.15, 0.2) is 18.6 Å². The number of nitrogens with one attached hydrogen (secondary N) is 1. The number of aromatic nitrogens is 2. The van der Waals surface area contributed by atoms with E-state index in [4.69, 9.17) is 11.6 Å². The minimum absolute atomic E-state index is 0.692. The summed E-state index contributed by atoms with van der Waals surface area (Å²) in [6, 6.07) is 2.92. The Hall–Kier alpha value is -1.02. The molecule has 0 aliphatic carbocycles. The van der Waals surface area contributed by atoms with Crippen LogP contribution in [0.2, 0.25) is 5.02 Å². The van der Waals surface area contributed by atoms with Crippen LogP contribution >= 0.6 is 11.6 Å². The molecule has 3 heteroatoms. The van der Waals surface area contributed by atoms with E-state index in [1.165, 1.54) is 0 Å². The highest BCUT2D eigenvalue weighted by atomic mass is 35.5. The average Bonchev–Trinajstić information content (AvgIpc) is 2.34. The molecule has 0 saturated heterocycles. The Bertz CT molecular complexity index is 353. The molecule has 0 saturated carbocycles. The van der Waals surface area contributed by atoms with Gasteiger partial charge < -0.3 is 4.98 Å². The maximum Gasteiger partial charge on any atom is 0.0666 e. The number of H-pyrrole nitrogens is 1. The Morgan fingerprint density at radius 2 is 2.50 bits per heavy atom. The Morgan fingerprint density at radius 1 is 1.60 bits per heavy atom.